The number of methoxy groups -OCH3 is 1. The molecule has 114 valence electrons. The van der Waals surface area contributed by atoms with Gasteiger partial charge >= 0.3 is 12.0 Å². The van der Waals surface area contributed by atoms with Gasteiger partial charge in [-0.05, 0) is 31.4 Å². The first-order valence-electron chi connectivity index (χ1n) is 6.58. The molecule has 0 bridgehead atoms. The first-order valence-corrected chi connectivity index (χ1v) is 7.37. The molecular formula is C14H17BrN2O4. The molecule has 0 spiro atoms. The summed E-state index contributed by atoms with van der Waals surface area (Å²) in [5.74, 6) is -0.289. The number of benzene rings is 1. The molecule has 6 nitrogen and oxygen atoms in total. The van der Waals surface area contributed by atoms with Crippen LogP contribution in [0.25, 0.3) is 0 Å². The molecule has 2 amide bonds. The predicted molar refractivity (Wildman–Crippen MR) is 81.7 cm³/mol. The minimum Gasteiger partial charge on any atom is -0.497 e. The van der Waals surface area contributed by atoms with Gasteiger partial charge in [0.1, 0.15) is 5.75 Å². The number of anilines is 1. The van der Waals surface area contributed by atoms with Crippen molar-refractivity contribution in [1.29, 1.82) is 0 Å². The van der Waals surface area contributed by atoms with E-state index < -0.39 is 17.5 Å². The van der Waals surface area contributed by atoms with E-state index in [1.165, 1.54) is 0 Å². The second-order valence-electron chi connectivity index (χ2n) is 5.16. The molecule has 0 unspecified atom stereocenters. The van der Waals surface area contributed by atoms with Crippen molar-refractivity contribution in [2.75, 3.05) is 12.4 Å². The molecule has 1 saturated carbocycles. The van der Waals surface area contributed by atoms with Crippen molar-refractivity contribution in [3.63, 3.8) is 0 Å². The molecular weight excluding hydrogens is 340 g/mol. The van der Waals surface area contributed by atoms with Crippen LogP contribution < -0.4 is 15.4 Å². The highest BCUT2D eigenvalue weighted by Crippen LogP contribution is 2.35. The fourth-order valence-electron chi connectivity index (χ4n) is 2.39. The van der Waals surface area contributed by atoms with E-state index in [1.807, 2.05) is 0 Å². The maximum absolute atomic E-state index is 12.0. The van der Waals surface area contributed by atoms with E-state index in [-0.39, 0.29) is 6.42 Å². The topological polar surface area (TPSA) is 87.7 Å². The van der Waals surface area contributed by atoms with Crippen LogP contribution >= 0.6 is 15.9 Å². The molecule has 1 aromatic rings. The molecule has 2 rings (SSSR count). The first kappa shape index (κ1) is 15.6. The van der Waals surface area contributed by atoms with Crippen LogP contribution in [0.4, 0.5) is 10.5 Å². The second kappa shape index (κ2) is 6.34. The molecule has 0 aromatic heterocycles. The van der Waals surface area contributed by atoms with Gasteiger partial charge < -0.3 is 20.5 Å². The van der Waals surface area contributed by atoms with Gasteiger partial charge in [0.05, 0.1) is 19.1 Å². The summed E-state index contributed by atoms with van der Waals surface area (Å²) in [6.45, 7) is 0. The zero-order valence-electron chi connectivity index (χ0n) is 11.6. The number of hydrogen-bond acceptors (Lipinski definition) is 3. The third-order valence-corrected chi connectivity index (χ3v) is 4.00. The van der Waals surface area contributed by atoms with E-state index in [9.17, 15) is 9.59 Å². The van der Waals surface area contributed by atoms with Gasteiger partial charge in [-0.15, -0.1) is 0 Å². The third kappa shape index (κ3) is 4.10. The SMILES string of the molecule is COc1cc(Br)cc(NC(=O)NC2(CC(=O)O)CCC2)c1. The number of carbonyl (C=O) groups excluding carboxylic acids is 1. The predicted octanol–water partition coefficient (Wildman–Crippen LogP) is 2.98. The maximum Gasteiger partial charge on any atom is 0.319 e. The van der Waals surface area contributed by atoms with Crippen LogP contribution in [-0.4, -0.2) is 29.8 Å². The van der Waals surface area contributed by atoms with Gasteiger partial charge in [-0.2, -0.15) is 0 Å². The molecule has 1 aliphatic carbocycles. The van der Waals surface area contributed by atoms with Crippen LogP contribution in [0.2, 0.25) is 0 Å². The monoisotopic (exact) mass is 356 g/mol. The highest BCUT2D eigenvalue weighted by atomic mass is 79.9. The number of carboxylic acids is 1. The summed E-state index contributed by atoms with van der Waals surface area (Å²) < 4.78 is 5.90. The van der Waals surface area contributed by atoms with Crippen molar-refractivity contribution in [2.45, 2.75) is 31.2 Å². The van der Waals surface area contributed by atoms with Gasteiger partial charge in [0, 0.05) is 16.2 Å². The quantitative estimate of drug-likeness (QED) is 0.756. The maximum atomic E-state index is 12.0. The minimum absolute atomic E-state index is 0.0533. The zero-order valence-corrected chi connectivity index (χ0v) is 13.2. The van der Waals surface area contributed by atoms with E-state index in [0.29, 0.717) is 24.3 Å². The van der Waals surface area contributed by atoms with Gasteiger partial charge in [-0.3, -0.25) is 4.79 Å². The van der Waals surface area contributed by atoms with Crippen molar-refractivity contribution in [1.82, 2.24) is 5.32 Å². The number of urea groups is 1. The van der Waals surface area contributed by atoms with Crippen LogP contribution in [0.1, 0.15) is 25.7 Å². The summed E-state index contributed by atoms with van der Waals surface area (Å²) in [5.41, 5.74) is -0.0463. The molecule has 7 heteroatoms. The Bertz CT molecular complexity index is 558. The van der Waals surface area contributed by atoms with Crippen molar-refractivity contribution in [3.05, 3.63) is 22.7 Å². The van der Waals surface area contributed by atoms with Crippen molar-refractivity contribution in [2.24, 2.45) is 0 Å². The van der Waals surface area contributed by atoms with E-state index in [2.05, 4.69) is 26.6 Å². The molecule has 1 aromatic carbocycles. The summed E-state index contributed by atoms with van der Waals surface area (Å²) >= 11 is 3.33. The molecule has 0 aliphatic heterocycles. The molecule has 0 radical (unpaired) electrons. The summed E-state index contributed by atoms with van der Waals surface area (Å²) in [7, 11) is 1.54. The fourth-order valence-corrected chi connectivity index (χ4v) is 2.87. The number of ether oxygens (including phenoxy) is 1. The Morgan fingerprint density at radius 3 is 2.62 bits per heavy atom. The Morgan fingerprint density at radius 2 is 2.10 bits per heavy atom. The molecule has 0 saturated heterocycles. The Hall–Kier alpha value is -1.76. The van der Waals surface area contributed by atoms with Crippen LogP contribution in [0.5, 0.6) is 5.75 Å². The van der Waals surface area contributed by atoms with Crippen molar-refractivity contribution in [3.8, 4) is 5.75 Å². The largest absolute Gasteiger partial charge is 0.497 e. The lowest BCUT2D eigenvalue weighted by Gasteiger charge is -2.41. The Balaban J connectivity index is 2.01. The molecule has 1 aliphatic rings. The Labute approximate surface area is 131 Å². The van der Waals surface area contributed by atoms with Crippen LogP contribution in [0, 0.1) is 0 Å². The van der Waals surface area contributed by atoms with Gasteiger partial charge in [0.2, 0.25) is 0 Å². The van der Waals surface area contributed by atoms with Crippen molar-refractivity contribution < 1.29 is 19.4 Å². The van der Waals surface area contributed by atoms with Crippen LogP contribution in [0.3, 0.4) is 0 Å². The molecule has 3 N–H and O–H groups in total. The lowest BCUT2D eigenvalue weighted by molar-refractivity contribution is -0.139. The highest BCUT2D eigenvalue weighted by molar-refractivity contribution is 9.10. The normalized spacial score (nSPS) is 15.7. The van der Waals surface area contributed by atoms with Gasteiger partial charge in [0.25, 0.3) is 0 Å². The average molecular weight is 357 g/mol. The number of rotatable bonds is 5. The van der Waals surface area contributed by atoms with E-state index in [0.717, 1.165) is 10.9 Å². The number of aliphatic carboxylic acids is 1. The smallest absolute Gasteiger partial charge is 0.319 e. The van der Waals surface area contributed by atoms with Crippen LogP contribution in [0.15, 0.2) is 22.7 Å². The molecule has 1 fully saturated rings. The number of carboxylic acid groups (broad SMARTS) is 1. The van der Waals surface area contributed by atoms with E-state index in [4.69, 9.17) is 9.84 Å². The standard InChI is InChI=1S/C14H17BrN2O4/c1-21-11-6-9(15)5-10(7-11)16-13(20)17-14(3-2-4-14)8-12(18)19/h5-7H,2-4,8H2,1H3,(H,18,19)(H2,16,17,20). The number of halogens is 1. The minimum atomic E-state index is -0.904. The van der Waals surface area contributed by atoms with E-state index >= 15 is 0 Å². The average Bonchev–Trinajstić information content (AvgIpc) is 2.34. The second-order valence-corrected chi connectivity index (χ2v) is 6.08. The highest BCUT2D eigenvalue weighted by Gasteiger charge is 2.40. The number of amides is 2. The lowest BCUT2D eigenvalue weighted by Crippen LogP contribution is -2.55. The zero-order chi connectivity index (χ0) is 15.5. The molecule has 0 atom stereocenters. The number of hydrogen-bond donors (Lipinski definition) is 3. The summed E-state index contributed by atoms with van der Waals surface area (Å²) in [4.78, 5) is 22.9. The number of carbonyl (C=O) groups is 2. The van der Waals surface area contributed by atoms with Crippen molar-refractivity contribution >= 4 is 33.6 Å². The Kier molecular flexibility index (Phi) is 4.72. The van der Waals surface area contributed by atoms with E-state index in [1.54, 1.807) is 25.3 Å². The van der Waals surface area contributed by atoms with Crippen LogP contribution in [-0.2, 0) is 4.79 Å². The number of nitrogens with one attached hydrogen (secondary N) is 2. The third-order valence-electron chi connectivity index (χ3n) is 3.54. The van der Waals surface area contributed by atoms with Gasteiger partial charge in [0.15, 0.2) is 0 Å². The Morgan fingerprint density at radius 1 is 1.38 bits per heavy atom. The fraction of sp³-hybridized carbons (Fsp3) is 0.429. The van der Waals surface area contributed by atoms with Gasteiger partial charge in [-0.25, -0.2) is 4.79 Å². The molecule has 21 heavy (non-hydrogen) atoms. The summed E-state index contributed by atoms with van der Waals surface area (Å²) in [6.07, 6.45) is 2.25. The summed E-state index contributed by atoms with van der Waals surface area (Å²) in [6, 6.07) is 4.80. The molecule has 0 heterocycles. The first-order chi connectivity index (χ1) is 9.92. The lowest BCUT2D eigenvalue weighted by atomic mass is 9.74. The summed E-state index contributed by atoms with van der Waals surface area (Å²) in [5, 5.41) is 14.4. The van der Waals surface area contributed by atoms with Gasteiger partial charge in [-0.1, -0.05) is 15.9 Å².